The van der Waals surface area contributed by atoms with Gasteiger partial charge in [-0.15, -0.1) is 0 Å². The summed E-state index contributed by atoms with van der Waals surface area (Å²) >= 11 is 6.88. The Morgan fingerprint density at radius 3 is 2.40 bits per heavy atom. The average molecular weight is 596 g/mol. The zero-order valence-corrected chi connectivity index (χ0v) is 21.8. The number of halogens is 2. The molecule has 0 aromatic heterocycles. The Morgan fingerprint density at radius 2 is 1.66 bits per heavy atom. The van der Waals surface area contributed by atoms with E-state index in [4.69, 9.17) is 9.47 Å². The summed E-state index contributed by atoms with van der Waals surface area (Å²) in [6.07, 6.45) is 1.69. The molecule has 0 aliphatic carbocycles. The van der Waals surface area contributed by atoms with Gasteiger partial charge in [0.15, 0.2) is 11.5 Å². The van der Waals surface area contributed by atoms with Gasteiger partial charge in [0, 0.05) is 8.95 Å². The minimum atomic E-state index is -0.495. The highest BCUT2D eigenvalue weighted by molar-refractivity contribution is 9.11. The summed E-state index contributed by atoms with van der Waals surface area (Å²) in [7, 11) is 1.48. The molecule has 4 aromatic rings. The highest BCUT2D eigenvalue weighted by Gasteiger charge is 2.13. The second-order valence-electron chi connectivity index (χ2n) is 7.53. The monoisotopic (exact) mass is 594 g/mol. The number of esters is 1. The van der Waals surface area contributed by atoms with Gasteiger partial charge in [0.05, 0.1) is 25.3 Å². The molecular formula is C27H20Br2N2O4. The van der Waals surface area contributed by atoms with E-state index in [0.717, 1.165) is 25.3 Å². The SMILES string of the molecule is COc1cc(/C=N/NC(=O)Cc2ccc(Br)c3ccccc23)ccc1OC(=O)c1ccc(Br)cc1. The van der Waals surface area contributed by atoms with Crippen LogP contribution in [0.3, 0.4) is 0 Å². The molecule has 0 saturated heterocycles. The van der Waals surface area contributed by atoms with Gasteiger partial charge in [0.1, 0.15) is 0 Å². The van der Waals surface area contributed by atoms with Crippen LogP contribution in [0.5, 0.6) is 11.5 Å². The van der Waals surface area contributed by atoms with E-state index in [9.17, 15) is 9.59 Å². The highest BCUT2D eigenvalue weighted by atomic mass is 79.9. The molecule has 1 amide bonds. The molecular weight excluding hydrogens is 576 g/mol. The molecule has 0 aliphatic heterocycles. The van der Waals surface area contributed by atoms with Crippen LogP contribution in [0.4, 0.5) is 0 Å². The minimum Gasteiger partial charge on any atom is -0.493 e. The Hall–Kier alpha value is -3.49. The number of nitrogens with one attached hydrogen (secondary N) is 1. The maximum atomic E-state index is 12.5. The van der Waals surface area contributed by atoms with Crippen LogP contribution in [0.15, 0.2) is 92.9 Å². The zero-order valence-electron chi connectivity index (χ0n) is 18.6. The standard InChI is InChI=1S/C27H20Br2N2O4/c1-34-25-14-17(6-13-24(25)35-27(33)18-7-10-20(28)11-8-18)16-30-31-26(32)15-19-9-12-23(29)22-5-3-2-4-21(19)22/h2-14,16H,15H2,1H3,(H,31,32)/b30-16+. The summed E-state index contributed by atoms with van der Waals surface area (Å²) < 4.78 is 12.7. The van der Waals surface area contributed by atoms with Crippen LogP contribution in [-0.4, -0.2) is 25.2 Å². The first-order chi connectivity index (χ1) is 16.9. The maximum Gasteiger partial charge on any atom is 0.343 e. The lowest BCUT2D eigenvalue weighted by molar-refractivity contribution is -0.120. The fourth-order valence-corrected chi connectivity index (χ4v) is 4.21. The van der Waals surface area contributed by atoms with Crippen LogP contribution in [0.2, 0.25) is 0 Å². The third-order valence-electron chi connectivity index (χ3n) is 5.19. The van der Waals surface area contributed by atoms with Gasteiger partial charge in [0.25, 0.3) is 0 Å². The quantitative estimate of drug-likeness (QED) is 0.118. The van der Waals surface area contributed by atoms with E-state index >= 15 is 0 Å². The molecule has 6 nitrogen and oxygen atoms in total. The number of hydrogen-bond acceptors (Lipinski definition) is 5. The van der Waals surface area contributed by atoms with Gasteiger partial charge in [-0.3, -0.25) is 4.79 Å². The van der Waals surface area contributed by atoms with E-state index in [1.54, 1.807) is 42.5 Å². The van der Waals surface area contributed by atoms with Crippen molar-refractivity contribution in [3.63, 3.8) is 0 Å². The van der Waals surface area contributed by atoms with Gasteiger partial charge in [0.2, 0.25) is 5.91 Å². The fraction of sp³-hybridized carbons (Fsp3) is 0.0741. The summed E-state index contributed by atoms with van der Waals surface area (Å²) in [6, 6.07) is 23.6. The van der Waals surface area contributed by atoms with Gasteiger partial charge in [-0.1, -0.05) is 62.2 Å². The number of amides is 1. The van der Waals surface area contributed by atoms with Crippen LogP contribution in [0.25, 0.3) is 10.8 Å². The van der Waals surface area contributed by atoms with Crippen LogP contribution in [0.1, 0.15) is 21.5 Å². The number of hydrazone groups is 1. The van der Waals surface area contributed by atoms with Gasteiger partial charge < -0.3 is 9.47 Å². The van der Waals surface area contributed by atoms with E-state index in [1.165, 1.54) is 13.3 Å². The summed E-state index contributed by atoms with van der Waals surface area (Å²) in [5.41, 5.74) is 4.56. The largest absolute Gasteiger partial charge is 0.493 e. The number of benzene rings is 4. The number of nitrogens with zero attached hydrogens (tertiary/aromatic N) is 1. The number of carbonyl (C=O) groups excluding carboxylic acids is 2. The number of ether oxygens (including phenoxy) is 2. The van der Waals surface area contributed by atoms with Crippen molar-refractivity contribution < 1.29 is 19.1 Å². The van der Waals surface area contributed by atoms with E-state index in [2.05, 4.69) is 42.4 Å². The lowest BCUT2D eigenvalue weighted by Crippen LogP contribution is -2.19. The fourth-order valence-electron chi connectivity index (χ4n) is 3.46. The highest BCUT2D eigenvalue weighted by Crippen LogP contribution is 2.29. The first-order valence-corrected chi connectivity index (χ1v) is 12.2. The summed E-state index contributed by atoms with van der Waals surface area (Å²) in [5, 5.41) is 6.12. The first-order valence-electron chi connectivity index (χ1n) is 10.6. The molecule has 0 saturated carbocycles. The Morgan fingerprint density at radius 1 is 0.914 bits per heavy atom. The van der Waals surface area contributed by atoms with Crippen molar-refractivity contribution in [3.8, 4) is 11.5 Å². The summed E-state index contributed by atoms with van der Waals surface area (Å²) in [5.74, 6) is -0.0820. The Bertz CT molecular complexity index is 1420. The van der Waals surface area contributed by atoms with Crippen molar-refractivity contribution >= 4 is 60.7 Å². The van der Waals surface area contributed by atoms with E-state index in [0.29, 0.717) is 16.9 Å². The molecule has 0 heterocycles. The second kappa shape index (κ2) is 11.3. The minimum absolute atomic E-state index is 0.194. The van der Waals surface area contributed by atoms with E-state index in [1.807, 2.05) is 36.4 Å². The topological polar surface area (TPSA) is 77.0 Å². The van der Waals surface area contributed by atoms with Crippen LogP contribution < -0.4 is 14.9 Å². The number of fused-ring (bicyclic) bond motifs is 1. The van der Waals surface area contributed by atoms with Crippen molar-refractivity contribution in [3.05, 3.63) is 104 Å². The summed E-state index contributed by atoms with van der Waals surface area (Å²) in [4.78, 5) is 24.9. The van der Waals surface area contributed by atoms with Crippen molar-refractivity contribution in [1.29, 1.82) is 0 Å². The lowest BCUT2D eigenvalue weighted by Gasteiger charge is -2.10. The number of carbonyl (C=O) groups is 2. The molecule has 4 rings (SSSR count). The van der Waals surface area contributed by atoms with Crippen molar-refractivity contribution in [1.82, 2.24) is 5.43 Å². The van der Waals surface area contributed by atoms with Crippen LogP contribution >= 0.6 is 31.9 Å². The Labute approximate surface area is 219 Å². The van der Waals surface area contributed by atoms with Crippen LogP contribution in [0, 0.1) is 0 Å². The maximum absolute atomic E-state index is 12.5. The molecule has 176 valence electrons. The number of rotatable bonds is 7. The molecule has 0 aliphatic rings. The summed E-state index contributed by atoms with van der Waals surface area (Å²) in [6.45, 7) is 0. The van der Waals surface area contributed by atoms with Gasteiger partial charge in [-0.25, -0.2) is 10.2 Å². The van der Waals surface area contributed by atoms with Gasteiger partial charge >= 0.3 is 5.97 Å². The third kappa shape index (κ3) is 6.15. The molecule has 4 aromatic carbocycles. The lowest BCUT2D eigenvalue weighted by atomic mass is 10.0. The second-order valence-corrected chi connectivity index (χ2v) is 9.30. The van der Waals surface area contributed by atoms with Crippen molar-refractivity contribution in [2.75, 3.05) is 7.11 Å². The zero-order chi connectivity index (χ0) is 24.8. The molecule has 0 bridgehead atoms. The molecule has 8 heteroatoms. The first kappa shape index (κ1) is 24.6. The van der Waals surface area contributed by atoms with Gasteiger partial charge in [-0.05, 0) is 70.4 Å². The third-order valence-corrected chi connectivity index (χ3v) is 6.41. The predicted octanol–water partition coefficient (Wildman–Crippen LogP) is 6.29. The number of methoxy groups -OCH3 is 1. The molecule has 1 N–H and O–H groups in total. The van der Waals surface area contributed by atoms with Crippen molar-refractivity contribution in [2.45, 2.75) is 6.42 Å². The van der Waals surface area contributed by atoms with Crippen LogP contribution in [-0.2, 0) is 11.2 Å². The van der Waals surface area contributed by atoms with E-state index < -0.39 is 5.97 Å². The smallest absolute Gasteiger partial charge is 0.343 e. The van der Waals surface area contributed by atoms with Crippen molar-refractivity contribution in [2.24, 2.45) is 5.10 Å². The molecule has 0 spiro atoms. The molecule has 0 radical (unpaired) electrons. The molecule has 35 heavy (non-hydrogen) atoms. The average Bonchev–Trinajstić information content (AvgIpc) is 2.87. The Balaban J connectivity index is 1.40. The normalized spacial score (nSPS) is 10.9. The predicted molar refractivity (Wildman–Crippen MR) is 143 cm³/mol. The van der Waals surface area contributed by atoms with E-state index in [-0.39, 0.29) is 18.1 Å². The van der Waals surface area contributed by atoms with Gasteiger partial charge in [-0.2, -0.15) is 5.10 Å². The molecule has 0 unspecified atom stereocenters. The number of hydrogen-bond donors (Lipinski definition) is 1. The molecule has 0 atom stereocenters. The molecule has 0 fully saturated rings. The Kier molecular flexibility index (Phi) is 7.94.